The maximum atomic E-state index is 10.8. The molecule has 0 saturated heterocycles. The summed E-state index contributed by atoms with van der Waals surface area (Å²) in [5.74, 6) is 1.64. The first-order valence-corrected chi connectivity index (χ1v) is 8.19. The minimum atomic E-state index is -0.378. The third-order valence-electron chi connectivity index (χ3n) is 2.90. The molecule has 1 unspecified atom stereocenters. The van der Waals surface area contributed by atoms with Crippen molar-refractivity contribution in [1.29, 1.82) is 0 Å². The van der Waals surface area contributed by atoms with E-state index in [4.69, 9.17) is 4.74 Å². The molecule has 2 rings (SSSR count). The number of methoxy groups -OCH3 is 1. The van der Waals surface area contributed by atoms with E-state index in [0.29, 0.717) is 0 Å². The van der Waals surface area contributed by atoms with Crippen LogP contribution in [0.25, 0.3) is 0 Å². The Balaban J connectivity index is 1.99. The van der Waals surface area contributed by atoms with Crippen LogP contribution in [-0.4, -0.2) is 12.0 Å². The Hall–Kier alpha value is -1.53. The molecule has 0 fully saturated rings. The Bertz CT molecular complexity index is 619. The minimum absolute atomic E-state index is 0.0134. The van der Waals surface area contributed by atoms with Crippen LogP contribution in [0.4, 0.5) is 5.69 Å². The van der Waals surface area contributed by atoms with Crippen molar-refractivity contribution in [2.75, 3.05) is 7.11 Å². The van der Waals surface area contributed by atoms with Crippen LogP contribution >= 0.6 is 27.7 Å². The summed E-state index contributed by atoms with van der Waals surface area (Å²) in [4.78, 5) is 10.4. The zero-order chi connectivity index (χ0) is 15.2. The number of nitro benzene ring substituents is 1. The number of benzene rings is 2. The van der Waals surface area contributed by atoms with E-state index >= 15 is 0 Å². The number of ether oxygens (including phenoxy) is 1. The lowest BCUT2D eigenvalue weighted by molar-refractivity contribution is -0.384. The summed E-state index contributed by atoms with van der Waals surface area (Å²) < 4.78 is 5.13. The summed E-state index contributed by atoms with van der Waals surface area (Å²) in [5.41, 5.74) is 2.18. The molecule has 0 aromatic heterocycles. The highest BCUT2D eigenvalue weighted by molar-refractivity contribution is 9.11. The molecule has 4 nitrogen and oxygen atoms in total. The molecule has 0 heterocycles. The van der Waals surface area contributed by atoms with E-state index in [-0.39, 0.29) is 14.8 Å². The van der Waals surface area contributed by atoms with Crippen LogP contribution in [0.15, 0.2) is 48.5 Å². The molecule has 110 valence electrons. The van der Waals surface area contributed by atoms with Crippen molar-refractivity contribution >= 4 is 33.4 Å². The number of nitrogens with zero attached hydrogens (tertiary/aromatic N) is 1. The van der Waals surface area contributed by atoms with Crippen LogP contribution in [0.1, 0.15) is 15.3 Å². The van der Waals surface area contributed by atoms with E-state index in [2.05, 4.69) is 15.9 Å². The third-order valence-corrected chi connectivity index (χ3v) is 5.28. The van der Waals surface area contributed by atoms with Crippen molar-refractivity contribution in [1.82, 2.24) is 0 Å². The second-order valence-electron chi connectivity index (χ2n) is 4.33. The zero-order valence-corrected chi connectivity index (χ0v) is 13.8. The molecule has 0 bridgehead atoms. The van der Waals surface area contributed by atoms with Gasteiger partial charge in [0, 0.05) is 17.9 Å². The summed E-state index contributed by atoms with van der Waals surface area (Å²) in [5, 5.41) is 10.8. The van der Waals surface area contributed by atoms with E-state index in [1.807, 2.05) is 30.3 Å². The molecular formula is C15H14BrNO3S. The summed E-state index contributed by atoms with van der Waals surface area (Å²) in [7, 11) is 1.64. The van der Waals surface area contributed by atoms with Gasteiger partial charge in [-0.3, -0.25) is 10.1 Å². The van der Waals surface area contributed by atoms with Gasteiger partial charge in [-0.2, -0.15) is 0 Å². The van der Waals surface area contributed by atoms with Crippen LogP contribution in [0, 0.1) is 10.1 Å². The first-order valence-electron chi connectivity index (χ1n) is 6.23. The lowest BCUT2D eigenvalue weighted by atomic mass is 10.2. The van der Waals surface area contributed by atoms with Gasteiger partial charge in [-0.05, 0) is 23.3 Å². The van der Waals surface area contributed by atoms with E-state index in [0.717, 1.165) is 17.1 Å². The highest BCUT2D eigenvalue weighted by Crippen LogP contribution is 2.38. The van der Waals surface area contributed by atoms with Crippen molar-refractivity contribution in [3.8, 4) is 5.75 Å². The molecule has 0 spiro atoms. The fraction of sp³-hybridized carbons (Fsp3) is 0.200. The lowest BCUT2D eigenvalue weighted by Crippen LogP contribution is -1.91. The molecule has 2 aromatic rings. The minimum Gasteiger partial charge on any atom is -0.497 e. The standard InChI is InChI=1S/C15H14BrNO3S/c1-20-14-7-5-11(6-8-14)10-21-15(16)12-3-2-4-13(9-12)17(18)19/h2-9,15H,10H2,1H3. The van der Waals surface area contributed by atoms with E-state index in [1.54, 1.807) is 31.0 Å². The first-order chi connectivity index (χ1) is 10.1. The highest BCUT2D eigenvalue weighted by Gasteiger charge is 2.12. The van der Waals surface area contributed by atoms with Crippen molar-refractivity contribution in [3.63, 3.8) is 0 Å². The maximum absolute atomic E-state index is 10.8. The van der Waals surface area contributed by atoms with Crippen molar-refractivity contribution < 1.29 is 9.66 Å². The largest absolute Gasteiger partial charge is 0.497 e. The highest BCUT2D eigenvalue weighted by atomic mass is 79.9. The first kappa shape index (κ1) is 15.9. The molecular weight excluding hydrogens is 354 g/mol. The number of thioether (sulfide) groups is 1. The molecule has 0 aliphatic carbocycles. The summed E-state index contributed by atoms with van der Waals surface area (Å²) in [6.45, 7) is 0. The average Bonchev–Trinajstić information content (AvgIpc) is 2.53. The zero-order valence-electron chi connectivity index (χ0n) is 11.4. The lowest BCUT2D eigenvalue weighted by Gasteiger charge is -2.10. The Morgan fingerprint density at radius 2 is 2.00 bits per heavy atom. The van der Waals surface area contributed by atoms with Crippen molar-refractivity contribution in [2.24, 2.45) is 0 Å². The molecule has 0 N–H and O–H groups in total. The van der Waals surface area contributed by atoms with E-state index in [1.165, 1.54) is 11.6 Å². The maximum Gasteiger partial charge on any atom is 0.269 e. The normalized spacial score (nSPS) is 11.9. The molecule has 0 amide bonds. The molecule has 0 saturated carbocycles. The van der Waals surface area contributed by atoms with Gasteiger partial charge in [0.15, 0.2) is 0 Å². The summed E-state index contributed by atoms with van der Waals surface area (Å²) >= 11 is 5.24. The predicted molar refractivity (Wildman–Crippen MR) is 89.1 cm³/mol. The number of non-ortho nitro benzene ring substituents is 1. The number of hydrogen-bond donors (Lipinski definition) is 0. The molecule has 21 heavy (non-hydrogen) atoms. The van der Waals surface area contributed by atoms with Gasteiger partial charge in [-0.15, -0.1) is 11.8 Å². The summed E-state index contributed by atoms with van der Waals surface area (Å²) in [6, 6.07) is 14.6. The Morgan fingerprint density at radius 1 is 1.29 bits per heavy atom. The molecule has 0 aliphatic rings. The van der Waals surface area contributed by atoms with Gasteiger partial charge < -0.3 is 4.74 Å². The van der Waals surface area contributed by atoms with Crippen molar-refractivity contribution in [3.05, 3.63) is 69.8 Å². The van der Waals surface area contributed by atoms with Crippen molar-refractivity contribution in [2.45, 2.75) is 9.91 Å². The van der Waals surface area contributed by atoms with Crippen LogP contribution in [0.2, 0.25) is 0 Å². The molecule has 1 atom stereocenters. The number of nitro groups is 1. The number of hydrogen-bond acceptors (Lipinski definition) is 4. The number of alkyl halides is 1. The molecule has 6 heteroatoms. The van der Waals surface area contributed by atoms with Crippen LogP contribution in [0.3, 0.4) is 0 Å². The van der Waals surface area contributed by atoms with Gasteiger partial charge in [0.05, 0.1) is 16.2 Å². The van der Waals surface area contributed by atoms with Gasteiger partial charge in [0.1, 0.15) is 5.75 Å². The van der Waals surface area contributed by atoms with Gasteiger partial charge >= 0.3 is 0 Å². The SMILES string of the molecule is COc1ccc(CSC(Br)c2cccc([N+](=O)[O-])c2)cc1. The third kappa shape index (κ3) is 4.47. The average molecular weight is 368 g/mol. The Morgan fingerprint density at radius 3 is 2.62 bits per heavy atom. The molecule has 2 aromatic carbocycles. The second kappa shape index (κ2) is 7.47. The fourth-order valence-electron chi connectivity index (χ4n) is 1.77. The quantitative estimate of drug-likeness (QED) is 0.412. The topological polar surface area (TPSA) is 52.4 Å². The van der Waals surface area contributed by atoms with Crippen LogP contribution in [0.5, 0.6) is 5.75 Å². The van der Waals surface area contributed by atoms with Crippen LogP contribution < -0.4 is 4.74 Å². The molecule has 0 radical (unpaired) electrons. The van der Waals surface area contributed by atoms with Gasteiger partial charge in [-0.25, -0.2) is 0 Å². The smallest absolute Gasteiger partial charge is 0.269 e. The number of halogens is 1. The molecule has 0 aliphatic heterocycles. The van der Waals surface area contributed by atoms with Gasteiger partial charge in [-0.1, -0.05) is 40.2 Å². The summed E-state index contributed by atoms with van der Waals surface area (Å²) in [6.07, 6.45) is 0. The second-order valence-corrected chi connectivity index (χ2v) is 6.94. The fourth-order valence-corrected chi connectivity index (χ4v) is 3.32. The van der Waals surface area contributed by atoms with Gasteiger partial charge in [0.2, 0.25) is 0 Å². The Kier molecular flexibility index (Phi) is 5.64. The monoisotopic (exact) mass is 367 g/mol. The Labute approximate surface area is 135 Å². The van der Waals surface area contributed by atoms with E-state index in [9.17, 15) is 10.1 Å². The number of rotatable bonds is 6. The van der Waals surface area contributed by atoms with E-state index < -0.39 is 0 Å². The van der Waals surface area contributed by atoms with Gasteiger partial charge in [0.25, 0.3) is 5.69 Å². The predicted octanol–water partition coefficient (Wildman–Crippen LogP) is 4.93. The van der Waals surface area contributed by atoms with Crippen LogP contribution in [-0.2, 0) is 5.75 Å².